The molecule has 7 aromatic rings. The summed E-state index contributed by atoms with van der Waals surface area (Å²) in [5, 5.41) is 1.22. The Kier molecular flexibility index (Phi) is 4.49. The lowest BCUT2D eigenvalue weighted by atomic mass is 9.99. The predicted octanol–water partition coefficient (Wildman–Crippen LogP) is 8.64. The van der Waals surface area contributed by atoms with Crippen LogP contribution in [0.3, 0.4) is 0 Å². The van der Waals surface area contributed by atoms with Gasteiger partial charge < -0.3 is 4.40 Å². The molecule has 0 aliphatic heterocycles. The first-order valence-corrected chi connectivity index (χ1v) is 11.9. The Bertz CT molecular complexity index is 1810. The summed E-state index contributed by atoms with van der Waals surface area (Å²) in [5.41, 5.74) is 11.5. The Hall–Kier alpha value is -4.69. The summed E-state index contributed by atoms with van der Waals surface area (Å²) in [5.74, 6) is 0. The maximum absolute atomic E-state index is 5.10. The number of rotatable bonds is 3. The molecule has 5 aromatic carbocycles. The van der Waals surface area contributed by atoms with Gasteiger partial charge in [0.1, 0.15) is 0 Å². The van der Waals surface area contributed by atoms with Gasteiger partial charge in [-0.05, 0) is 46.5 Å². The second-order valence-corrected chi connectivity index (χ2v) is 8.89. The molecule has 164 valence electrons. The minimum atomic E-state index is 0.997. The van der Waals surface area contributed by atoms with Crippen molar-refractivity contribution in [2.24, 2.45) is 0 Å². The Morgan fingerprint density at radius 1 is 0.400 bits per heavy atom. The van der Waals surface area contributed by atoms with Crippen molar-refractivity contribution in [1.82, 2.24) is 9.38 Å². The highest BCUT2D eigenvalue weighted by molar-refractivity contribution is 5.98. The van der Waals surface area contributed by atoms with E-state index in [1.165, 1.54) is 33.2 Å². The number of benzene rings is 5. The molecule has 0 saturated heterocycles. The first-order valence-electron chi connectivity index (χ1n) is 11.9. The van der Waals surface area contributed by atoms with Crippen LogP contribution in [0.25, 0.3) is 61.0 Å². The highest BCUT2D eigenvalue weighted by Crippen LogP contribution is 2.33. The average molecular weight is 447 g/mol. The van der Waals surface area contributed by atoms with Gasteiger partial charge in [0.25, 0.3) is 0 Å². The van der Waals surface area contributed by atoms with Crippen LogP contribution in [-0.4, -0.2) is 9.38 Å². The van der Waals surface area contributed by atoms with E-state index in [1.807, 2.05) is 6.07 Å². The number of aromatic nitrogens is 2. The highest BCUT2D eigenvalue weighted by Gasteiger charge is 2.14. The molecular formula is C33H22N2. The molecule has 0 radical (unpaired) electrons. The van der Waals surface area contributed by atoms with Crippen molar-refractivity contribution < 1.29 is 0 Å². The summed E-state index contributed by atoms with van der Waals surface area (Å²) in [6, 6.07) is 47.2. The monoisotopic (exact) mass is 446 g/mol. The molecule has 7 rings (SSSR count). The number of para-hydroxylation sites is 3. The van der Waals surface area contributed by atoms with Crippen molar-refractivity contribution >= 4 is 27.5 Å². The van der Waals surface area contributed by atoms with E-state index in [0.717, 1.165) is 27.8 Å². The molecule has 2 nitrogen and oxygen atoms in total. The van der Waals surface area contributed by atoms with E-state index in [0.29, 0.717) is 0 Å². The van der Waals surface area contributed by atoms with Gasteiger partial charge in [-0.25, -0.2) is 4.98 Å². The van der Waals surface area contributed by atoms with Crippen LogP contribution in [0.1, 0.15) is 0 Å². The van der Waals surface area contributed by atoms with Gasteiger partial charge in [0.15, 0.2) is 0 Å². The summed E-state index contributed by atoms with van der Waals surface area (Å²) in [4.78, 5) is 5.10. The molecule has 0 aliphatic rings. The number of hydrogen-bond acceptors (Lipinski definition) is 1. The quantitative estimate of drug-likeness (QED) is 0.265. The van der Waals surface area contributed by atoms with Gasteiger partial charge in [0.05, 0.1) is 27.8 Å². The van der Waals surface area contributed by atoms with Crippen molar-refractivity contribution in [2.45, 2.75) is 0 Å². The standard InChI is InChI=1S/C33H22N2/c1-2-8-23(9-3-1)24-14-16-25(17-15-24)26-18-20-27(21-19-26)33-32-22-28-10-4-6-12-30(28)35(32)31-13-7-5-11-29(31)34-33/h1-22H. The van der Waals surface area contributed by atoms with E-state index in [1.54, 1.807) is 0 Å². The van der Waals surface area contributed by atoms with E-state index in [2.05, 4.69) is 132 Å². The molecule has 0 fully saturated rings. The first-order chi connectivity index (χ1) is 17.3. The number of hydrogen-bond donors (Lipinski definition) is 0. The van der Waals surface area contributed by atoms with Crippen molar-refractivity contribution in [1.29, 1.82) is 0 Å². The lowest BCUT2D eigenvalue weighted by molar-refractivity contribution is 1.27. The van der Waals surface area contributed by atoms with Gasteiger partial charge >= 0.3 is 0 Å². The van der Waals surface area contributed by atoms with Crippen LogP contribution in [0.4, 0.5) is 0 Å². The zero-order chi connectivity index (χ0) is 23.2. The Morgan fingerprint density at radius 3 is 1.60 bits per heavy atom. The second kappa shape index (κ2) is 7.96. The van der Waals surface area contributed by atoms with Crippen LogP contribution in [0, 0.1) is 0 Å². The van der Waals surface area contributed by atoms with Gasteiger partial charge in [0, 0.05) is 10.9 Å². The zero-order valence-electron chi connectivity index (χ0n) is 19.1. The van der Waals surface area contributed by atoms with Crippen molar-refractivity contribution in [2.75, 3.05) is 0 Å². The van der Waals surface area contributed by atoms with Crippen LogP contribution < -0.4 is 0 Å². The zero-order valence-corrected chi connectivity index (χ0v) is 19.1. The van der Waals surface area contributed by atoms with Crippen molar-refractivity contribution in [3.8, 4) is 33.5 Å². The topological polar surface area (TPSA) is 17.3 Å². The summed E-state index contributed by atoms with van der Waals surface area (Å²) in [7, 11) is 0. The molecule has 2 heteroatoms. The average Bonchev–Trinajstić information content (AvgIpc) is 3.33. The minimum Gasteiger partial charge on any atom is -0.306 e. The molecular weight excluding hydrogens is 424 g/mol. The van der Waals surface area contributed by atoms with Crippen molar-refractivity contribution in [3.05, 3.63) is 133 Å². The molecule has 0 aliphatic carbocycles. The summed E-state index contributed by atoms with van der Waals surface area (Å²) in [6.07, 6.45) is 0. The Balaban J connectivity index is 1.33. The maximum Gasteiger partial charge on any atom is 0.0950 e. The fourth-order valence-corrected chi connectivity index (χ4v) is 5.03. The Morgan fingerprint density at radius 2 is 0.914 bits per heavy atom. The molecule has 0 spiro atoms. The van der Waals surface area contributed by atoms with Gasteiger partial charge in [-0.15, -0.1) is 0 Å². The Labute approximate surface area is 203 Å². The van der Waals surface area contributed by atoms with E-state index >= 15 is 0 Å². The fourth-order valence-electron chi connectivity index (χ4n) is 5.03. The molecule has 0 atom stereocenters. The molecule has 0 N–H and O–H groups in total. The molecule has 0 saturated carbocycles. The van der Waals surface area contributed by atoms with E-state index in [9.17, 15) is 0 Å². The SMILES string of the molecule is c1ccc(-c2ccc(-c3ccc(-c4nc5ccccc5n5c4cc4ccccc45)cc3)cc2)cc1. The third-order valence-corrected chi connectivity index (χ3v) is 6.79. The predicted molar refractivity (Wildman–Crippen MR) is 147 cm³/mol. The largest absolute Gasteiger partial charge is 0.306 e. The first kappa shape index (κ1) is 19.7. The molecule has 0 unspecified atom stereocenters. The third kappa shape index (κ3) is 3.31. The highest BCUT2D eigenvalue weighted by atomic mass is 14.9. The number of fused-ring (bicyclic) bond motifs is 5. The van der Waals surface area contributed by atoms with E-state index in [-0.39, 0.29) is 0 Å². The number of nitrogens with zero attached hydrogens (tertiary/aromatic N) is 2. The normalized spacial score (nSPS) is 11.4. The van der Waals surface area contributed by atoms with Gasteiger partial charge in [-0.3, -0.25) is 0 Å². The molecule has 0 amide bonds. The van der Waals surface area contributed by atoms with Crippen LogP contribution >= 0.6 is 0 Å². The maximum atomic E-state index is 5.10. The molecule has 2 aromatic heterocycles. The lowest BCUT2D eigenvalue weighted by Gasteiger charge is -2.10. The molecule has 0 bridgehead atoms. The molecule has 2 heterocycles. The van der Waals surface area contributed by atoms with Crippen molar-refractivity contribution in [3.63, 3.8) is 0 Å². The van der Waals surface area contributed by atoms with Gasteiger partial charge in [-0.1, -0.05) is 109 Å². The van der Waals surface area contributed by atoms with E-state index in [4.69, 9.17) is 4.98 Å². The van der Waals surface area contributed by atoms with Crippen LogP contribution in [0.5, 0.6) is 0 Å². The van der Waals surface area contributed by atoms with Crippen LogP contribution in [0.2, 0.25) is 0 Å². The smallest absolute Gasteiger partial charge is 0.0950 e. The van der Waals surface area contributed by atoms with E-state index < -0.39 is 0 Å². The summed E-state index contributed by atoms with van der Waals surface area (Å²) < 4.78 is 2.34. The second-order valence-electron chi connectivity index (χ2n) is 8.89. The van der Waals surface area contributed by atoms with Crippen LogP contribution in [0.15, 0.2) is 133 Å². The third-order valence-electron chi connectivity index (χ3n) is 6.79. The summed E-state index contributed by atoms with van der Waals surface area (Å²) in [6.45, 7) is 0. The van der Waals surface area contributed by atoms with Gasteiger partial charge in [0.2, 0.25) is 0 Å². The van der Waals surface area contributed by atoms with Gasteiger partial charge in [-0.2, -0.15) is 0 Å². The lowest BCUT2D eigenvalue weighted by Crippen LogP contribution is -1.95. The van der Waals surface area contributed by atoms with Crippen LogP contribution in [-0.2, 0) is 0 Å². The fraction of sp³-hybridized carbons (Fsp3) is 0. The summed E-state index contributed by atoms with van der Waals surface area (Å²) >= 11 is 0. The minimum absolute atomic E-state index is 0.997. The molecule has 35 heavy (non-hydrogen) atoms.